The van der Waals surface area contributed by atoms with Crippen LogP contribution in [0.1, 0.15) is 20.3 Å². The van der Waals surface area contributed by atoms with E-state index in [-0.39, 0.29) is 0 Å². The van der Waals surface area contributed by atoms with Crippen molar-refractivity contribution >= 4 is 0 Å². The molecule has 1 fully saturated rings. The highest BCUT2D eigenvalue weighted by Gasteiger charge is 2.26. The molecule has 2 nitrogen and oxygen atoms in total. The molecule has 0 spiro atoms. The van der Waals surface area contributed by atoms with Gasteiger partial charge in [-0.15, -0.1) is 0 Å². The molecule has 1 N–H and O–H groups in total. The SMILES string of the molecule is CC1CCN1[C@@H](C)CO. The summed E-state index contributed by atoms with van der Waals surface area (Å²) in [7, 11) is 0. The lowest BCUT2D eigenvalue weighted by Crippen LogP contribution is -2.51. The van der Waals surface area contributed by atoms with Gasteiger partial charge in [0.05, 0.1) is 6.61 Å². The van der Waals surface area contributed by atoms with Crippen molar-refractivity contribution in [3.8, 4) is 0 Å². The molecule has 0 aliphatic carbocycles. The van der Waals surface area contributed by atoms with Crippen LogP contribution in [-0.2, 0) is 0 Å². The third kappa shape index (κ3) is 1.25. The van der Waals surface area contributed by atoms with E-state index in [0.29, 0.717) is 18.7 Å². The molecular formula is C7H15NO. The van der Waals surface area contributed by atoms with E-state index >= 15 is 0 Å². The van der Waals surface area contributed by atoms with Crippen LogP contribution in [0.2, 0.25) is 0 Å². The van der Waals surface area contributed by atoms with E-state index < -0.39 is 0 Å². The Hall–Kier alpha value is -0.0800. The Bertz CT molecular complexity index is 94.9. The Morgan fingerprint density at radius 1 is 1.78 bits per heavy atom. The summed E-state index contributed by atoms with van der Waals surface area (Å²) in [6.07, 6.45) is 1.30. The number of hydrogen-bond donors (Lipinski definition) is 1. The zero-order chi connectivity index (χ0) is 6.85. The minimum Gasteiger partial charge on any atom is -0.395 e. The summed E-state index contributed by atoms with van der Waals surface area (Å²) in [5, 5.41) is 8.75. The number of rotatable bonds is 2. The minimum absolute atomic E-state index is 0.296. The number of nitrogens with zero attached hydrogens (tertiary/aromatic N) is 1. The molecule has 1 heterocycles. The van der Waals surface area contributed by atoms with Crippen LogP contribution in [0.5, 0.6) is 0 Å². The fraction of sp³-hybridized carbons (Fsp3) is 1.00. The first-order valence-corrected chi connectivity index (χ1v) is 3.62. The summed E-state index contributed by atoms with van der Waals surface area (Å²) in [6, 6.07) is 1.07. The van der Waals surface area contributed by atoms with Gasteiger partial charge >= 0.3 is 0 Å². The monoisotopic (exact) mass is 129 g/mol. The molecule has 54 valence electrons. The standard InChI is InChI=1S/C7H15NO/c1-6-3-4-8(6)7(2)5-9/h6-7,9H,3-5H2,1-2H3/t6?,7-/m0/s1. The van der Waals surface area contributed by atoms with Gasteiger partial charge in [-0.2, -0.15) is 0 Å². The van der Waals surface area contributed by atoms with E-state index in [0.717, 1.165) is 0 Å². The second-order valence-corrected chi connectivity index (χ2v) is 2.91. The summed E-state index contributed by atoms with van der Waals surface area (Å²) < 4.78 is 0. The highest BCUT2D eigenvalue weighted by molar-refractivity contribution is 4.82. The Labute approximate surface area is 56.5 Å². The Morgan fingerprint density at radius 2 is 2.44 bits per heavy atom. The topological polar surface area (TPSA) is 23.5 Å². The Morgan fingerprint density at radius 3 is 2.56 bits per heavy atom. The molecule has 1 aliphatic heterocycles. The molecule has 0 aromatic heterocycles. The van der Waals surface area contributed by atoms with Crippen LogP contribution in [0.4, 0.5) is 0 Å². The second-order valence-electron chi connectivity index (χ2n) is 2.91. The van der Waals surface area contributed by atoms with Crippen LogP contribution >= 0.6 is 0 Å². The molecule has 1 aliphatic rings. The van der Waals surface area contributed by atoms with Crippen LogP contribution in [0, 0.1) is 0 Å². The van der Waals surface area contributed by atoms with E-state index in [1.807, 2.05) is 0 Å². The molecule has 0 aromatic rings. The molecular weight excluding hydrogens is 114 g/mol. The molecule has 0 radical (unpaired) electrons. The second kappa shape index (κ2) is 2.67. The third-order valence-corrected chi connectivity index (χ3v) is 2.20. The van der Waals surface area contributed by atoms with Crippen molar-refractivity contribution in [1.82, 2.24) is 4.90 Å². The third-order valence-electron chi connectivity index (χ3n) is 2.20. The molecule has 0 aromatic carbocycles. The van der Waals surface area contributed by atoms with E-state index in [1.165, 1.54) is 13.0 Å². The smallest absolute Gasteiger partial charge is 0.0584 e. The number of hydrogen-bond acceptors (Lipinski definition) is 2. The van der Waals surface area contributed by atoms with Crippen molar-refractivity contribution in [3.05, 3.63) is 0 Å². The van der Waals surface area contributed by atoms with Gasteiger partial charge in [-0.1, -0.05) is 0 Å². The first-order chi connectivity index (χ1) is 4.25. The van der Waals surface area contributed by atoms with Gasteiger partial charge in [0.25, 0.3) is 0 Å². The first kappa shape index (κ1) is 7.03. The lowest BCUT2D eigenvalue weighted by molar-refractivity contribution is 0.0314. The number of aliphatic hydroxyl groups is 1. The highest BCUT2D eigenvalue weighted by atomic mass is 16.3. The van der Waals surface area contributed by atoms with E-state index in [1.54, 1.807) is 0 Å². The predicted molar refractivity (Wildman–Crippen MR) is 37.3 cm³/mol. The van der Waals surface area contributed by atoms with Gasteiger partial charge in [-0.25, -0.2) is 0 Å². The van der Waals surface area contributed by atoms with Crippen molar-refractivity contribution in [2.45, 2.75) is 32.4 Å². The Kier molecular flexibility index (Phi) is 2.09. The van der Waals surface area contributed by atoms with Gasteiger partial charge in [0.1, 0.15) is 0 Å². The number of likely N-dealkylation sites (tertiary alicyclic amines) is 1. The quantitative estimate of drug-likeness (QED) is 0.585. The van der Waals surface area contributed by atoms with Gasteiger partial charge in [0.2, 0.25) is 0 Å². The van der Waals surface area contributed by atoms with Gasteiger partial charge in [0.15, 0.2) is 0 Å². The molecule has 9 heavy (non-hydrogen) atoms. The molecule has 2 atom stereocenters. The average molecular weight is 129 g/mol. The average Bonchev–Trinajstić information content (AvgIpc) is 1.84. The van der Waals surface area contributed by atoms with Crippen LogP contribution in [0.25, 0.3) is 0 Å². The lowest BCUT2D eigenvalue weighted by atomic mass is 10.0. The largest absolute Gasteiger partial charge is 0.395 e. The Balaban J connectivity index is 2.25. The molecule has 0 saturated carbocycles. The van der Waals surface area contributed by atoms with Gasteiger partial charge in [-0.05, 0) is 20.3 Å². The van der Waals surface area contributed by atoms with Crippen LogP contribution < -0.4 is 0 Å². The van der Waals surface area contributed by atoms with Crippen LogP contribution in [0.15, 0.2) is 0 Å². The molecule has 2 heteroatoms. The van der Waals surface area contributed by atoms with Crippen molar-refractivity contribution < 1.29 is 5.11 Å². The fourth-order valence-electron chi connectivity index (χ4n) is 1.30. The first-order valence-electron chi connectivity index (χ1n) is 3.62. The zero-order valence-electron chi connectivity index (χ0n) is 6.17. The maximum atomic E-state index is 8.75. The predicted octanol–water partition coefficient (Wildman–Crippen LogP) is 0.461. The maximum Gasteiger partial charge on any atom is 0.0584 e. The van der Waals surface area contributed by atoms with E-state index in [4.69, 9.17) is 5.11 Å². The summed E-state index contributed by atoms with van der Waals surface area (Å²) in [4.78, 5) is 2.32. The molecule has 0 amide bonds. The molecule has 0 bridgehead atoms. The van der Waals surface area contributed by atoms with Crippen molar-refractivity contribution in [3.63, 3.8) is 0 Å². The summed E-state index contributed by atoms with van der Waals surface area (Å²) in [5.74, 6) is 0. The summed E-state index contributed by atoms with van der Waals surface area (Å²) in [6.45, 7) is 5.73. The van der Waals surface area contributed by atoms with Crippen molar-refractivity contribution in [2.75, 3.05) is 13.2 Å². The molecule has 1 saturated heterocycles. The van der Waals surface area contributed by atoms with Crippen molar-refractivity contribution in [1.29, 1.82) is 0 Å². The van der Waals surface area contributed by atoms with Gasteiger partial charge in [0, 0.05) is 18.6 Å². The van der Waals surface area contributed by atoms with Crippen molar-refractivity contribution in [2.24, 2.45) is 0 Å². The van der Waals surface area contributed by atoms with Gasteiger partial charge in [-0.3, -0.25) is 4.90 Å². The lowest BCUT2D eigenvalue weighted by Gasteiger charge is -2.42. The van der Waals surface area contributed by atoms with E-state index in [2.05, 4.69) is 18.7 Å². The molecule has 1 rings (SSSR count). The van der Waals surface area contributed by atoms with Gasteiger partial charge < -0.3 is 5.11 Å². The minimum atomic E-state index is 0.296. The fourth-order valence-corrected chi connectivity index (χ4v) is 1.30. The zero-order valence-corrected chi connectivity index (χ0v) is 6.17. The van der Waals surface area contributed by atoms with Crippen LogP contribution in [-0.4, -0.2) is 35.2 Å². The summed E-state index contributed by atoms with van der Waals surface area (Å²) in [5.41, 5.74) is 0. The maximum absolute atomic E-state index is 8.75. The highest BCUT2D eigenvalue weighted by Crippen LogP contribution is 2.18. The normalized spacial score (nSPS) is 31.7. The molecule has 1 unspecified atom stereocenters. The van der Waals surface area contributed by atoms with Crippen LogP contribution in [0.3, 0.4) is 0 Å². The van der Waals surface area contributed by atoms with E-state index in [9.17, 15) is 0 Å². The summed E-state index contributed by atoms with van der Waals surface area (Å²) >= 11 is 0. The number of aliphatic hydroxyl groups excluding tert-OH is 1.